The molecular formula is C24H33N6O7P. The summed E-state index contributed by atoms with van der Waals surface area (Å²) in [5.74, 6) is -1.20. The smallest absolute Gasteiger partial charge is 0.459 e. The number of hydrogen-bond acceptors (Lipinski definition) is 11. The van der Waals surface area contributed by atoms with Gasteiger partial charge in [0, 0.05) is 5.92 Å². The summed E-state index contributed by atoms with van der Waals surface area (Å²) in [6.07, 6.45) is 0.000447. The first kappa shape index (κ1) is 27.9. The van der Waals surface area contributed by atoms with E-state index in [9.17, 15) is 19.6 Å². The number of aliphatic hydroxyl groups is 2. The number of fused-ring (bicyclic) bond motifs is 1. The average Bonchev–Trinajstić information content (AvgIpc) is 3.37. The van der Waals surface area contributed by atoms with Gasteiger partial charge in [-0.1, -0.05) is 25.1 Å². The number of ether oxygens (including phenoxy) is 1. The van der Waals surface area contributed by atoms with Gasteiger partial charge in [-0.05, 0) is 38.8 Å². The zero-order valence-corrected chi connectivity index (χ0v) is 22.4. The second-order valence-electron chi connectivity index (χ2n) is 9.61. The van der Waals surface area contributed by atoms with Gasteiger partial charge in [0.05, 0.1) is 31.2 Å². The largest absolute Gasteiger partial charge is 0.462 e. The summed E-state index contributed by atoms with van der Waals surface area (Å²) in [6.45, 7) is 6.47. The maximum absolute atomic E-state index is 13.8. The molecule has 13 nitrogen and oxygen atoms in total. The van der Waals surface area contributed by atoms with Crippen molar-refractivity contribution in [1.82, 2.24) is 24.6 Å². The fourth-order valence-corrected chi connectivity index (χ4v) is 6.13. The fraction of sp³-hybridized carbons (Fsp3) is 0.500. The molecule has 0 radical (unpaired) electrons. The number of aromatic nitrogens is 4. The number of nitrogen functional groups attached to an aromatic ring is 1. The molecule has 0 saturated heterocycles. The van der Waals surface area contributed by atoms with Crippen molar-refractivity contribution in [1.29, 1.82) is 0 Å². The molecule has 2 aromatic heterocycles. The standard InChI is InChI=1S/C24H33N6O7P/c1-13(2)36-24(33)15(4)29-38(34,37-16-8-6-5-7-9-16)35-10-17-14(3)19(21(32)20(17)31)30-12-28-18-22(25)26-11-27-23(18)30/h5-9,11-15,17,19-21,31-32H,10H2,1-4H3,(H,29,34)(H2,25,26,27)/t14?,15-,17-,19+,20+,21-,38-/m0/s1. The lowest BCUT2D eigenvalue weighted by atomic mass is 9.95. The molecule has 7 atom stereocenters. The minimum absolute atomic E-state index is 0.199. The lowest BCUT2D eigenvalue weighted by Crippen LogP contribution is -2.37. The molecule has 4 rings (SSSR count). The third-order valence-corrected chi connectivity index (χ3v) is 8.17. The molecule has 1 fully saturated rings. The predicted octanol–water partition coefficient (Wildman–Crippen LogP) is 2.07. The molecule has 206 valence electrons. The van der Waals surface area contributed by atoms with Gasteiger partial charge in [-0.2, -0.15) is 5.09 Å². The van der Waals surface area contributed by atoms with Gasteiger partial charge in [-0.25, -0.2) is 19.5 Å². The Balaban J connectivity index is 1.54. The fourth-order valence-electron chi connectivity index (χ4n) is 4.61. The third-order valence-electron chi connectivity index (χ3n) is 6.52. The van der Waals surface area contributed by atoms with Crippen molar-refractivity contribution in [3.05, 3.63) is 43.0 Å². The van der Waals surface area contributed by atoms with E-state index < -0.39 is 43.9 Å². The Morgan fingerprint density at radius 2 is 1.87 bits per heavy atom. The van der Waals surface area contributed by atoms with Crippen LogP contribution >= 0.6 is 7.75 Å². The Bertz CT molecular complexity index is 1310. The van der Waals surface area contributed by atoms with Gasteiger partial charge >= 0.3 is 13.7 Å². The summed E-state index contributed by atoms with van der Waals surface area (Å²) >= 11 is 0. The molecule has 1 aliphatic carbocycles. The molecule has 3 aromatic rings. The second kappa shape index (κ2) is 11.3. The van der Waals surface area contributed by atoms with Crippen molar-refractivity contribution < 1.29 is 33.4 Å². The normalized spacial score (nSPS) is 25.8. The topological polar surface area (TPSA) is 184 Å². The van der Waals surface area contributed by atoms with Crippen molar-refractivity contribution in [3.63, 3.8) is 0 Å². The van der Waals surface area contributed by atoms with Gasteiger partial charge in [0.2, 0.25) is 0 Å². The number of benzene rings is 1. The van der Waals surface area contributed by atoms with Crippen LogP contribution in [0.25, 0.3) is 11.2 Å². The van der Waals surface area contributed by atoms with Crippen molar-refractivity contribution in [2.75, 3.05) is 12.3 Å². The highest BCUT2D eigenvalue weighted by Gasteiger charge is 2.49. The molecule has 5 N–H and O–H groups in total. The number of carbonyl (C=O) groups is 1. The summed E-state index contributed by atoms with van der Waals surface area (Å²) < 4.78 is 32.1. The van der Waals surface area contributed by atoms with E-state index in [-0.39, 0.29) is 30.2 Å². The monoisotopic (exact) mass is 548 g/mol. The van der Waals surface area contributed by atoms with E-state index in [0.29, 0.717) is 11.2 Å². The third kappa shape index (κ3) is 5.82. The Kier molecular flexibility index (Phi) is 8.34. The van der Waals surface area contributed by atoms with Gasteiger partial charge in [0.1, 0.15) is 29.7 Å². The number of hydrogen-bond donors (Lipinski definition) is 4. The molecule has 14 heteroatoms. The van der Waals surface area contributed by atoms with Gasteiger partial charge in [0.15, 0.2) is 11.5 Å². The molecule has 0 amide bonds. The molecule has 2 heterocycles. The molecule has 38 heavy (non-hydrogen) atoms. The van der Waals surface area contributed by atoms with E-state index >= 15 is 0 Å². The number of para-hydroxylation sites is 1. The van der Waals surface area contributed by atoms with Crippen LogP contribution in [0, 0.1) is 11.8 Å². The van der Waals surface area contributed by atoms with Crippen LogP contribution in [0.4, 0.5) is 5.82 Å². The molecule has 1 saturated carbocycles. The SMILES string of the molecule is CC(C)OC(=O)[C@H](C)N[P@](=O)(OC[C@H]1C(C)[C@@H](n2cnc3c(N)ncnc32)[C@H](O)[C@@H]1O)Oc1ccccc1. The zero-order valence-electron chi connectivity index (χ0n) is 21.5. The van der Waals surface area contributed by atoms with Gasteiger partial charge in [-0.15, -0.1) is 0 Å². The summed E-state index contributed by atoms with van der Waals surface area (Å²) in [6, 6.07) is 6.72. The predicted molar refractivity (Wildman–Crippen MR) is 138 cm³/mol. The first-order valence-electron chi connectivity index (χ1n) is 12.3. The Hall–Kier alpha value is -3.09. The van der Waals surface area contributed by atoms with E-state index in [2.05, 4.69) is 20.0 Å². The number of esters is 1. The minimum atomic E-state index is -4.15. The molecule has 1 aromatic carbocycles. The molecule has 1 aliphatic rings. The molecule has 1 unspecified atom stereocenters. The van der Waals surface area contributed by atoms with Crippen LogP contribution < -0.4 is 15.3 Å². The molecule has 0 aliphatic heterocycles. The lowest BCUT2D eigenvalue weighted by molar-refractivity contribution is -0.149. The number of imidazole rings is 1. The number of nitrogens with two attached hydrogens (primary N) is 1. The molecular weight excluding hydrogens is 515 g/mol. The number of aliphatic hydroxyl groups excluding tert-OH is 2. The first-order chi connectivity index (χ1) is 18.0. The van der Waals surface area contributed by atoms with Crippen molar-refractivity contribution in [3.8, 4) is 5.75 Å². The summed E-state index contributed by atoms with van der Waals surface area (Å²) in [4.78, 5) is 24.8. The van der Waals surface area contributed by atoms with E-state index in [1.165, 1.54) is 19.6 Å². The summed E-state index contributed by atoms with van der Waals surface area (Å²) in [5.41, 5.74) is 6.69. The number of nitrogens with one attached hydrogen (secondary N) is 1. The quantitative estimate of drug-likeness (QED) is 0.214. The summed E-state index contributed by atoms with van der Waals surface area (Å²) in [5, 5.41) is 24.5. The van der Waals surface area contributed by atoms with E-state index in [1.807, 2.05) is 6.92 Å². The Labute approximate surface area is 219 Å². The van der Waals surface area contributed by atoms with Crippen LogP contribution in [0.2, 0.25) is 0 Å². The van der Waals surface area contributed by atoms with Crippen LogP contribution in [-0.2, 0) is 18.6 Å². The highest BCUT2D eigenvalue weighted by Crippen LogP contribution is 2.48. The van der Waals surface area contributed by atoms with Gasteiger partial charge in [0.25, 0.3) is 0 Å². The van der Waals surface area contributed by atoms with Gasteiger partial charge in [-0.3, -0.25) is 9.32 Å². The molecule has 0 bridgehead atoms. The first-order valence-corrected chi connectivity index (χ1v) is 13.8. The molecule has 0 spiro atoms. The van der Waals surface area contributed by atoms with Crippen LogP contribution in [0.15, 0.2) is 43.0 Å². The second-order valence-corrected chi connectivity index (χ2v) is 11.3. The zero-order chi connectivity index (χ0) is 27.6. The Morgan fingerprint density at radius 1 is 1.16 bits per heavy atom. The van der Waals surface area contributed by atoms with Crippen LogP contribution in [0.3, 0.4) is 0 Å². The van der Waals surface area contributed by atoms with E-state index in [4.69, 9.17) is 19.5 Å². The number of carbonyl (C=O) groups excluding carboxylic acids is 1. The highest BCUT2D eigenvalue weighted by atomic mass is 31.2. The number of nitrogens with zero attached hydrogens (tertiary/aromatic N) is 4. The lowest BCUT2D eigenvalue weighted by Gasteiger charge is -2.26. The maximum atomic E-state index is 13.8. The van der Waals surface area contributed by atoms with Crippen LogP contribution in [0.1, 0.15) is 33.7 Å². The van der Waals surface area contributed by atoms with E-state index in [0.717, 1.165) is 0 Å². The van der Waals surface area contributed by atoms with Crippen LogP contribution in [-0.4, -0.2) is 66.7 Å². The van der Waals surface area contributed by atoms with Crippen LogP contribution in [0.5, 0.6) is 5.75 Å². The van der Waals surface area contributed by atoms with Crippen molar-refractivity contribution >= 4 is 30.7 Å². The average molecular weight is 549 g/mol. The van der Waals surface area contributed by atoms with Crippen molar-refractivity contribution in [2.24, 2.45) is 11.8 Å². The highest BCUT2D eigenvalue weighted by molar-refractivity contribution is 7.52. The maximum Gasteiger partial charge on any atom is 0.459 e. The van der Waals surface area contributed by atoms with E-state index in [1.54, 1.807) is 48.7 Å². The summed E-state index contributed by atoms with van der Waals surface area (Å²) in [7, 11) is -4.15. The Morgan fingerprint density at radius 3 is 2.55 bits per heavy atom. The number of anilines is 1. The van der Waals surface area contributed by atoms with Gasteiger partial charge < -0.3 is 29.8 Å². The number of rotatable bonds is 10. The van der Waals surface area contributed by atoms with Crippen molar-refractivity contribution in [2.45, 2.75) is 58.1 Å². The minimum Gasteiger partial charge on any atom is -0.462 e.